The number of rotatable bonds is 6. The average Bonchev–Trinajstić information content (AvgIpc) is 2.99. The molecule has 0 N–H and O–H groups in total. The molecule has 1 aromatic carbocycles. The van der Waals surface area contributed by atoms with Gasteiger partial charge < -0.3 is 4.90 Å². The van der Waals surface area contributed by atoms with Crippen LogP contribution in [0, 0.1) is 28.6 Å². The van der Waals surface area contributed by atoms with E-state index in [1.807, 2.05) is 0 Å². The van der Waals surface area contributed by atoms with Crippen molar-refractivity contribution in [1.82, 2.24) is 4.90 Å². The zero-order valence-electron chi connectivity index (χ0n) is 13.5. The molecule has 1 aliphatic rings. The summed E-state index contributed by atoms with van der Waals surface area (Å²) in [6.07, 6.45) is 3.46. The van der Waals surface area contributed by atoms with Crippen LogP contribution in [0.15, 0.2) is 24.3 Å². The normalized spacial score (nSPS) is 19.4. The maximum Gasteiger partial charge on any atom is 0.0669 e. The number of nitriles is 2. The lowest BCUT2D eigenvalue weighted by Crippen LogP contribution is -2.29. The monoisotopic (exact) mass is 296 g/mol. The Kier molecular flexibility index (Phi) is 5.81. The van der Waals surface area contributed by atoms with Crippen molar-refractivity contribution in [1.29, 1.82) is 10.5 Å². The van der Waals surface area contributed by atoms with Crippen molar-refractivity contribution in [2.24, 2.45) is 5.92 Å². The Morgan fingerprint density at radius 2 is 2.18 bits per heavy atom. The summed E-state index contributed by atoms with van der Waals surface area (Å²) in [4.78, 5) is 4.54. The molecule has 0 spiro atoms. The molecular weight excluding hydrogens is 272 g/mol. The third kappa shape index (κ3) is 4.00. The van der Waals surface area contributed by atoms with E-state index in [2.05, 4.69) is 60.3 Å². The molecule has 0 amide bonds. The highest BCUT2D eigenvalue weighted by Gasteiger charge is 2.28. The summed E-state index contributed by atoms with van der Waals surface area (Å²) in [5.41, 5.74) is 2.55. The maximum absolute atomic E-state index is 9.29. The van der Waals surface area contributed by atoms with E-state index in [0.29, 0.717) is 18.9 Å². The van der Waals surface area contributed by atoms with E-state index in [-0.39, 0.29) is 5.92 Å². The summed E-state index contributed by atoms with van der Waals surface area (Å²) in [6, 6.07) is 13.6. The molecule has 1 heterocycles. The molecule has 22 heavy (non-hydrogen) atoms. The van der Waals surface area contributed by atoms with Gasteiger partial charge in [0.1, 0.15) is 0 Å². The minimum absolute atomic E-state index is 0.0442. The lowest BCUT2D eigenvalue weighted by atomic mass is 10.0. The van der Waals surface area contributed by atoms with E-state index < -0.39 is 0 Å². The van der Waals surface area contributed by atoms with Gasteiger partial charge in [-0.25, -0.2) is 0 Å². The Hall–Kier alpha value is -2.04. The summed E-state index contributed by atoms with van der Waals surface area (Å²) >= 11 is 0. The van der Waals surface area contributed by atoms with Crippen LogP contribution >= 0.6 is 0 Å². The molecule has 0 saturated carbocycles. The maximum atomic E-state index is 9.29. The second-order valence-corrected chi connectivity index (χ2v) is 6.17. The molecule has 0 aromatic heterocycles. The molecule has 1 aliphatic heterocycles. The summed E-state index contributed by atoms with van der Waals surface area (Å²) < 4.78 is 0. The van der Waals surface area contributed by atoms with Crippen LogP contribution in [0.2, 0.25) is 0 Å². The van der Waals surface area contributed by atoms with E-state index in [4.69, 9.17) is 5.26 Å². The van der Waals surface area contributed by atoms with Crippen molar-refractivity contribution >= 4 is 5.69 Å². The lowest BCUT2D eigenvalue weighted by molar-refractivity contribution is 0.231. The number of hydrogen-bond donors (Lipinski definition) is 0. The summed E-state index contributed by atoms with van der Waals surface area (Å²) in [5, 5.41) is 18.0. The fraction of sp³-hybridized carbons (Fsp3) is 0.556. The van der Waals surface area contributed by atoms with Gasteiger partial charge in [0.2, 0.25) is 0 Å². The van der Waals surface area contributed by atoms with Crippen LogP contribution < -0.4 is 4.90 Å². The molecule has 4 nitrogen and oxygen atoms in total. The molecule has 4 heteroatoms. The summed E-state index contributed by atoms with van der Waals surface area (Å²) in [7, 11) is 4.11. The number of nitrogens with zero attached hydrogens (tertiary/aromatic N) is 4. The Balaban J connectivity index is 2.09. The lowest BCUT2D eigenvalue weighted by Gasteiger charge is -2.27. The number of benzene rings is 1. The summed E-state index contributed by atoms with van der Waals surface area (Å²) in [5.74, 6) is -0.0442. The van der Waals surface area contributed by atoms with Crippen molar-refractivity contribution < 1.29 is 0 Å². The minimum atomic E-state index is -0.0442. The Morgan fingerprint density at radius 3 is 2.86 bits per heavy atom. The highest BCUT2D eigenvalue weighted by Crippen LogP contribution is 2.34. The predicted octanol–water partition coefficient (Wildman–Crippen LogP) is 3.33. The number of anilines is 1. The standard InChI is InChI=1S/C18H24N4/c1-21(2)17-8-3-7-16(12-17)18-9-5-11-22(18)14-15(13-20)6-4-10-19/h3,7-8,12,15,18H,4-6,9,11,14H2,1-2H3/t15-,18+/m0/s1. The molecule has 1 aromatic rings. The van der Waals surface area contributed by atoms with Gasteiger partial charge in [-0.3, -0.25) is 4.90 Å². The zero-order chi connectivity index (χ0) is 15.9. The van der Waals surface area contributed by atoms with Gasteiger partial charge in [0.25, 0.3) is 0 Å². The van der Waals surface area contributed by atoms with E-state index in [9.17, 15) is 5.26 Å². The molecule has 1 saturated heterocycles. The number of likely N-dealkylation sites (tertiary alicyclic amines) is 1. The smallest absolute Gasteiger partial charge is 0.0669 e. The Labute approximate surface area is 133 Å². The van der Waals surface area contributed by atoms with Gasteiger partial charge in [0.15, 0.2) is 0 Å². The van der Waals surface area contributed by atoms with Crippen LogP contribution in [0.25, 0.3) is 0 Å². The van der Waals surface area contributed by atoms with Crippen molar-refractivity contribution in [3.8, 4) is 12.1 Å². The molecule has 2 rings (SSSR count). The first-order valence-electron chi connectivity index (χ1n) is 7.93. The molecule has 116 valence electrons. The van der Waals surface area contributed by atoms with Gasteiger partial charge in [-0.05, 0) is 43.5 Å². The fourth-order valence-electron chi connectivity index (χ4n) is 3.15. The van der Waals surface area contributed by atoms with E-state index in [1.165, 1.54) is 17.7 Å². The quantitative estimate of drug-likeness (QED) is 0.808. The highest BCUT2D eigenvalue weighted by atomic mass is 15.2. The zero-order valence-corrected chi connectivity index (χ0v) is 13.5. The molecular formula is C18H24N4. The predicted molar refractivity (Wildman–Crippen MR) is 88.3 cm³/mol. The Morgan fingerprint density at radius 1 is 1.36 bits per heavy atom. The molecule has 0 radical (unpaired) electrons. The van der Waals surface area contributed by atoms with Crippen molar-refractivity contribution in [2.45, 2.75) is 31.7 Å². The van der Waals surface area contributed by atoms with Gasteiger partial charge in [0.05, 0.1) is 18.1 Å². The van der Waals surface area contributed by atoms with E-state index >= 15 is 0 Å². The molecule has 1 fully saturated rings. The first-order valence-corrected chi connectivity index (χ1v) is 7.93. The van der Waals surface area contributed by atoms with Crippen LogP contribution in [0.3, 0.4) is 0 Å². The van der Waals surface area contributed by atoms with Gasteiger partial charge >= 0.3 is 0 Å². The average molecular weight is 296 g/mol. The van der Waals surface area contributed by atoms with E-state index in [1.54, 1.807) is 0 Å². The first-order chi connectivity index (χ1) is 10.7. The SMILES string of the molecule is CN(C)c1cccc([C@H]2CCCN2C[C@H](C#N)CCC#N)c1. The molecule has 0 aliphatic carbocycles. The summed E-state index contributed by atoms with van der Waals surface area (Å²) in [6.45, 7) is 1.82. The van der Waals surface area contributed by atoms with Gasteiger partial charge in [-0.2, -0.15) is 10.5 Å². The van der Waals surface area contributed by atoms with Crippen LogP contribution in [0.1, 0.15) is 37.3 Å². The van der Waals surface area contributed by atoms with Crippen molar-refractivity contribution in [2.75, 3.05) is 32.1 Å². The Bertz CT molecular complexity index is 567. The number of hydrogen-bond acceptors (Lipinski definition) is 4. The van der Waals surface area contributed by atoms with Crippen LogP contribution in [-0.4, -0.2) is 32.1 Å². The molecule has 0 bridgehead atoms. The molecule has 2 atom stereocenters. The second kappa shape index (κ2) is 7.82. The van der Waals surface area contributed by atoms with Gasteiger partial charge in [-0.1, -0.05) is 12.1 Å². The van der Waals surface area contributed by atoms with Crippen molar-refractivity contribution in [3.63, 3.8) is 0 Å². The van der Waals surface area contributed by atoms with Crippen molar-refractivity contribution in [3.05, 3.63) is 29.8 Å². The fourth-order valence-corrected chi connectivity index (χ4v) is 3.15. The van der Waals surface area contributed by atoms with Gasteiger partial charge in [0, 0.05) is 38.8 Å². The topological polar surface area (TPSA) is 54.1 Å². The second-order valence-electron chi connectivity index (χ2n) is 6.17. The minimum Gasteiger partial charge on any atom is -0.378 e. The largest absolute Gasteiger partial charge is 0.378 e. The van der Waals surface area contributed by atoms with E-state index in [0.717, 1.165) is 19.5 Å². The third-order valence-corrected chi connectivity index (χ3v) is 4.38. The van der Waals surface area contributed by atoms with Crippen LogP contribution in [-0.2, 0) is 0 Å². The molecule has 0 unspecified atom stereocenters. The van der Waals surface area contributed by atoms with Gasteiger partial charge in [-0.15, -0.1) is 0 Å². The van der Waals surface area contributed by atoms with Crippen LogP contribution in [0.5, 0.6) is 0 Å². The first kappa shape index (κ1) is 16.3. The third-order valence-electron chi connectivity index (χ3n) is 4.38. The highest BCUT2D eigenvalue weighted by molar-refractivity contribution is 5.48. The van der Waals surface area contributed by atoms with Crippen LogP contribution in [0.4, 0.5) is 5.69 Å².